The van der Waals surface area contributed by atoms with Gasteiger partial charge in [-0.2, -0.15) is 0 Å². The van der Waals surface area contributed by atoms with Crippen LogP contribution in [0.25, 0.3) is 0 Å². The van der Waals surface area contributed by atoms with Gasteiger partial charge >= 0.3 is 0 Å². The lowest BCUT2D eigenvalue weighted by atomic mass is 10.4. The second-order valence-electron chi connectivity index (χ2n) is 3.22. The minimum atomic E-state index is -3.03. The molecule has 1 rings (SSSR count). The van der Waals surface area contributed by atoms with Gasteiger partial charge in [-0.1, -0.05) is 6.92 Å². The average molecular weight is 405 g/mol. The largest absolute Gasteiger partial charge is 0.350 e. The van der Waals surface area contributed by atoms with Crippen LogP contribution in [0.3, 0.4) is 0 Å². The molecule has 0 atom stereocenters. The zero-order valence-corrected chi connectivity index (χ0v) is 13.8. The van der Waals surface area contributed by atoms with Crippen LogP contribution in [0.4, 0.5) is 0 Å². The van der Waals surface area contributed by atoms with E-state index < -0.39 is 9.84 Å². The average Bonchev–Trinajstić information content (AvgIpc) is 2.59. The molecule has 0 aliphatic heterocycles. The first-order chi connectivity index (χ1) is 7.85. The molecular weight excluding hydrogens is 394 g/mol. The zero-order valence-electron chi connectivity index (χ0n) is 9.00. The highest BCUT2D eigenvalue weighted by Gasteiger charge is 2.13. The van der Waals surface area contributed by atoms with Gasteiger partial charge in [0.15, 0.2) is 9.84 Å². The van der Waals surface area contributed by atoms with Crippen LogP contribution in [-0.4, -0.2) is 32.4 Å². The van der Waals surface area contributed by atoms with Gasteiger partial charge < -0.3 is 5.32 Å². The first kappa shape index (κ1) is 15.1. The Morgan fingerprint density at radius 2 is 2.12 bits per heavy atom. The summed E-state index contributed by atoms with van der Waals surface area (Å²) in [6.07, 6.45) is 0. The second kappa shape index (κ2) is 6.31. The molecule has 0 aromatic carbocycles. The molecule has 1 amide bonds. The maximum absolute atomic E-state index is 11.6. The first-order valence-corrected chi connectivity index (χ1v) is 9.01. The fourth-order valence-electron chi connectivity index (χ4n) is 1.01. The van der Waals surface area contributed by atoms with E-state index in [-0.39, 0.29) is 24.0 Å². The van der Waals surface area contributed by atoms with E-state index in [0.29, 0.717) is 4.88 Å². The summed E-state index contributed by atoms with van der Waals surface area (Å²) in [7, 11) is -3.03. The highest BCUT2D eigenvalue weighted by atomic mass is 79.9. The van der Waals surface area contributed by atoms with Crippen molar-refractivity contribution >= 4 is 58.9 Å². The maximum Gasteiger partial charge on any atom is 0.261 e. The molecule has 0 bridgehead atoms. The third kappa shape index (κ3) is 4.69. The molecule has 0 saturated heterocycles. The summed E-state index contributed by atoms with van der Waals surface area (Å²) in [6, 6.07) is 1.69. The fourth-order valence-corrected chi connectivity index (χ4v) is 3.66. The number of thiophene rings is 1. The molecule has 0 fully saturated rings. The Morgan fingerprint density at radius 1 is 1.47 bits per heavy atom. The quantitative estimate of drug-likeness (QED) is 0.819. The van der Waals surface area contributed by atoms with Gasteiger partial charge in [0.25, 0.3) is 5.91 Å². The monoisotopic (exact) mass is 403 g/mol. The van der Waals surface area contributed by atoms with Crippen molar-refractivity contribution in [1.29, 1.82) is 0 Å². The Hall–Kier alpha value is 0.0800. The van der Waals surface area contributed by atoms with Crippen LogP contribution >= 0.6 is 43.2 Å². The third-order valence-electron chi connectivity index (χ3n) is 2.01. The molecule has 4 nitrogen and oxygen atoms in total. The molecule has 0 unspecified atom stereocenters. The van der Waals surface area contributed by atoms with Gasteiger partial charge in [0.2, 0.25) is 0 Å². The summed E-state index contributed by atoms with van der Waals surface area (Å²) in [5, 5.41) is 2.58. The number of hydrogen-bond donors (Lipinski definition) is 1. The molecule has 0 aliphatic carbocycles. The first-order valence-electron chi connectivity index (χ1n) is 4.79. The summed E-state index contributed by atoms with van der Waals surface area (Å²) < 4.78 is 24.1. The van der Waals surface area contributed by atoms with Crippen molar-refractivity contribution in [3.63, 3.8) is 0 Å². The number of carbonyl (C=O) groups excluding carboxylic acids is 1. The van der Waals surface area contributed by atoms with Crippen LogP contribution in [0, 0.1) is 0 Å². The minimum Gasteiger partial charge on any atom is -0.350 e. The fraction of sp³-hybridized carbons (Fsp3) is 0.444. The Kier molecular flexibility index (Phi) is 5.62. The van der Waals surface area contributed by atoms with E-state index in [0.717, 1.165) is 8.26 Å². The molecule has 1 aromatic heterocycles. The molecule has 8 heteroatoms. The molecule has 1 aromatic rings. The Balaban J connectivity index is 2.51. The van der Waals surface area contributed by atoms with Crippen LogP contribution < -0.4 is 5.32 Å². The minimum absolute atomic E-state index is 0.0248. The molecule has 0 aliphatic rings. The van der Waals surface area contributed by atoms with Gasteiger partial charge in [0, 0.05) is 16.8 Å². The topological polar surface area (TPSA) is 63.2 Å². The molecule has 0 spiro atoms. The highest BCUT2D eigenvalue weighted by molar-refractivity contribution is 9.13. The van der Waals surface area contributed by atoms with Gasteiger partial charge in [-0.3, -0.25) is 4.79 Å². The van der Waals surface area contributed by atoms with E-state index in [9.17, 15) is 13.2 Å². The van der Waals surface area contributed by atoms with Crippen LogP contribution in [0.15, 0.2) is 14.3 Å². The van der Waals surface area contributed by atoms with Crippen LogP contribution in [0.1, 0.15) is 16.6 Å². The van der Waals surface area contributed by atoms with Crippen molar-refractivity contribution in [2.24, 2.45) is 0 Å². The molecule has 1 N–H and O–H groups in total. The number of nitrogens with one attached hydrogen (secondary N) is 1. The van der Waals surface area contributed by atoms with E-state index in [2.05, 4.69) is 37.2 Å². The number of halogens is 2. The van der Waals surface area contributed by atoms with Gasteiger partial charge in [-0.25, -0.2) is 8.42 Å². The van der Waals surface area contributed by atoms with Crippen LogP contribution in [0.5, 0.6) is 0 Å². The Bertz CT molecular complexity index is 491. The standard InChI is InChI=1S/C9H11Br2NO3S2/c1-2-17(14,15)4-3-12-9(13)7-5-6(10)8(11)16-7/h5H,2-4H2,1H3,(H,12,13). The normalized spacial score (nSPS) is 11.5. The SMILES string of the molecule is CCS(=O)(=O)CCNC(=O)c1cc(Br)c(Br)s1. The molecule has 0 saturated carbocycles. The van der Waals surface area contributed by atoms with Crippen molar-refractivity contribution in [3.05, 3.63) is 19.2 Å². The molecular formula is C9H11Br2NO3S2. The number of rotatable bonds is 5. The lowest BCUT2D eigenvalue weighted by Crippen LogP contribution is -2.29. The van der Waals surface area contributed by atoms with E-state index in [4.69, 9.17) is 0 Å². The Morgan fingerprint density at radius 3 is 2.59 bits per heavy atom. The van der Waals surface area contributed by atoms with E-state index in [1.807, 2.05) is 0 Å². The van der Waals surface area contributed by atoms with Crippen LogP contribution in [0.2, 0.25) is 0 Å². The lowest BCUT2D eigenvalue weighted by molar-refractivity contribution is 0.0960. The lowest BCUT2D eigenvalue weighted by Gasteiger charge is -2.03. The predicted molar refractivity (Wildman–Crippen MR) is 76.4 cm³/mol. The molecule has 17 heavy (non-hydrogen) atoms. The summed E-state index contributed by atoms with van der Waals surface area (Å²) in [6.45, 7) is 1.73. The Labute approximate surface area is 121 Å². The summed E-state index contributed by atoms with van der Waals surface area (Å²) in [4.78, 5) is 12.2. The predicted octanol–water partition coefficient (Wildman–Crippen LogP) is 2.44. The van der Waals surface area contributed by atoms with Gasteiger partial charge in [0.05, 0.1) is 14.4 Å². The van der Waals surface area contributed by atoms with Crippen molar-refractivity contribution < 1.29 is 13.2 Å². The molecule has 1 heterocycles. The van der Waals surface area contributed by atoms with Gasteiger partial charge in [-0.05, 0) is 37.9 Å². The smallest absolute Gasteiger partial charge is 0.261 e. The molecule has 96 valence electrons. The number of sulfone groups is 1. The highest BCUT2D eigenvalue weighted by Crippen LogP contribution is 2.32. The summed E-state index contributed by atoms with van der Waals surface area (Å²) >= 11 is 7.87. The molecule has 0 radical (unpaired) electrons. The number of carbonyl (C=O) groups is 1. The van der Waals surface area contributed by atoms with Crippen molar-refractivity contribution in [1.82, 2.24) is 5.32 Å². The number of amides is 1. The number of hydrogen-bond acceptors (Lipinski definition) is 4. The maximum atomic E-state index is 11.6. The third-order valence-corrected chi connectivity index (χ3v) is 6.97. The van der Waals surface area contributed by atoms with Crippen LogP contribution in [-0.2, 0) is 9.84 Å². The van der Waals surface area contributed by atoms with Gasteiger partial charge in [-0.15, -0.1) is 11.3 Å². The van der Waals surface area contributed by atoms with Crippen molar-refractivity contribution in [2.75, 3.05) is 18.1 Å². The van der Waals surface area contributed by atoms with E-state index in [1.54, 1.807) is 13.0 Å². The summed E-state index contributed by atoms with van der Waals surface area (Å²) in [5.41, 5.74) is 0. The van der Waals surface area contributed by atoms with E-state index >= 15 is 0 Å². The zero-order chi connectivity index (χ0) is 13.1. The summed E-state index contributed by atoms with van der Waals surface area (Å²) in [5.74, 6) is -0.185. The van der Waals surface area contributed by atoms with Crippen molar-refractivity contribution in [3.8, 4) is 0 Å². The van der Waals surface area contributed by atoms with Crippen molar-refractivity contribution in [2.45, 2.75) is 6.92 Å². The van der Waals surface area contributed by atoms with E-state index in [1.165, 1.54) is 11.3 Å². The second-order valence-corrected chi connectivity index (χ2v) is 8.92. The van der Waals surface area contributed by atoms with Gasteiger partial charge in [0.1, 0.15) is 0 Å².